The summed E-state index contributed by atoms with van der Waals surface area (Å²) < 4.78 is 16.5. The Kier molecular flexibility index (Phi) is 5.93. The largest absolute Gasteiger partial charge is 0.496 e. The fourth-order valence-electron chi connectivity index (χ4n) is 2.74. The number of methoxy groups -OCH3 is 3. The molecule has 2 rings (SSSR count). The van der Waals surface area contributed by atoms with Crippen molar-refractivity contribution in [1.29, 1.82) is 0 Å². The molecule has 1 radical (unpaired) electrons. The van der Waals surface area contributed by atoms with Crippen LogP contribution in [0.4, 0.5) is 0 Å². The van der Waals surface area contributed by atoms with E-state index >= 15 is 0 Å². The van der Waals surface area contributed by atoms with Crippen molar-refractivity contribution >= 4 is 0 Å². The van der Waals surface area contributed by atoms with Crippen molar-refractivity contribution in [3.63, 3.8) is 0 Å². The molecule has 0 saturated heterocycles. The molecule has 0 fully saturated rings. The van der Waals surface area contributed by atoms with E-state index in [2.05, 4.69) is 0 Å². The van der Waals surface area contributed by atoms with Gasteiger partial charge in [-0.2, -0.15) is 0 Å². The Morgan fingerprint density at radius 2 is 1.40 bits per heavy atom. The van der Waals surface area contributed by atoms with Gasteiger partial charge < -0.3 is 14.2 Å². The quantitative estimate of drug-likeness (QED) is 0.735. The third kappa shape index (κ3) is 4.06. The predicted molar refractivity (Wildman–Crippen MR) is 96.7 cm³/mol. The molecule has 0 heterocycles. The van der Waals surface area contributed by atoms with Gasteiger partial charge in [0.05, 0.1) is 32.9 Å². The van der Waals surface area contributed by atoms with E-state index in [1.54, 1.807) is 33.5 Å². The van der Waals surface area contributed by atoms with Crippen molar-refractivity contribution in [2.45, 2.75) is 32.4 Å². The minimum Gasteiger partial charge on any atom is -0.496 e. The summed E-state index contributed by atoms with van der Waals surface area (Å²) in [5.74, 6) is 1.71. The Labute approximate surface area is 149 Å². The topological polar surface area (TPSA) is 50.8 Å². The van der Waals surface area contributed by atoms with E-state index in [4.69, 9.17) is 14.2 Å². The smallest absolute Gasteiger partial charge is 0.131 e. The van der Waals surface area contributed by atoms with E-state index < -0.39 is 11.6 Å². The minimum atomic E-state index is -0.601. The van der Waals surface area contributed by atoms with Crippen LogP contribution in [0.5, 0.6) is 17.2 Å². The van der Waals surface area contributed by atoms with Crippen molar-refractivity contribution in [3.8, 4) is 17.2 Å². The fourth-order valence-corrected chi connectivity index (χ4v) is 2.74. The van der Waals surface area contributed by atoms with Crippen molar-refractivity contribution < 1.29 is 19.4 Å². The van der Waals surface area contributed by atoms with E-state index in [9.17, 15) is 5.21 Å². The first kappa shape index (κ1) is 19.1. The number of hydrogen-bond acceptors (Lipinski definition) is 4. The summed E-state index contributed by atoms with van der Waals surface area (Å²) >= 11 is 0. The first-order valence-corrected chi connectivity index (χ1v) is 8.14. The second-order valence-electron chi connectivity index (χ2n) is 6.76. The molecule has 0 N–H and O–H groups in total. The van der Waals surface area contributed by atoms with Crippen molar-refractivity contribution in [3.05, 3.63) is 53.6 Å². The maximum absolute atomic E-state index is 13.2. The molecule has 0 aliphatic carbocycles. The highest BCUT2D eigenvalue weighted by Gasteiger charge is 2.35. The van der Waals surface area contributed by atoms with Crippen LogP contribution in [-0.4, -0.2) is 31.9 Å². The number of rotatable bonds is 6. The lowest BCUT2D eigenvalue weighted by Gasteiger charge is -2.36. The van der Waals surface area contributed by atoms with Crippen molar-refractivity contribution in [2.24, 2.45) is 0 Å². The van der Waals surface area contributed by atoms with Gasteiger partial charge in [0.2, 0.25) is 0 Å². The van der Waals surface area contributed by atoms with Crippen LogP contribution >= 0.6 is 0 Å². The van der Waals surface area contributed by atoms with Crippen LogP contribution < -0.4 is 14.2 Å². The van der Waals surface area contributed by atoms with E-state index in [0.29, 0.717) is 22.8 Å². The van der Waals surface area contributed by atoms with Gasteiger partial charge in [0.1, 0.15) is 17.2 Å². The highest BCUT2D eigenvalue weighted by atomic mass is 16.5. The Morgan fingerprint density at radius 3 is 1.80 bits per heavy atom. The molecule has 0 bridgehead atoms. The summed E-state index contributed by atoms with van der Waals surface area (Å²) in [6.07, 6.45) is 0. The highest BCUT2D eigenvalue weighted by molar-refractivity contribution is 5.55. The van der Waals surface area contributed by atoms with Gasteiger partial charge in [0, 0.05) is 17.7 Å². The molecule has 0 aliphatic heterocycles. The Hall–Kier alpha value is -2.24. The monoisotopic (exact) mass is 344 g/mol. The first-order chi connectivity index (χ1) is 11.8. The molecule has 2 aromatic rings. The summed E-state index contributed by atoms with van der Waals surface area (Å²) in [6.45, 7) is 5.66. The lowest BCUT2D eigenvalue weighted by Crippen LogP contribution is -2.41. The highest BCUT2D eigenvalue weighted by Crippen LogP contribution is 2.44. The van der Waals surface area contributed by atoms with Gasteiger partial charge in [-0.15, -0.1) is 10.3 Å². The van der Waals surface area contributed by atoms with Crippen LogP contribution in [0, 0.1) is 0 Å². The van der Waals surface area contributed by atoms with Crippen molar-refractivity contribution in [2.75, 3.05) is 21.3 Å². The zero-order valence-corrected chi connectivity index (χ0v) is 15.7. The molecular formula is C20H26NO4. The average molecular weight is 344 g/mol. The van der Waals surface area contributed by atoms with Crippen LogP contribution in [0.2, 0.25) is 0 Å². The number of ether oxygens (including phenoxy) is 3. The van der Waals surface area contributed by atoms with Crippen LogP contribution in [0.1, 0.15) is 37.9 Å². The SMILES string of the molecule is COc1cc(OC)c([C@H](c2ccccc2)N([O])C(C)(C)C)c(OC)c1. The molecule has 2 aromatic carbocycles. The molecule has 0 amide bonds. The summed E-state index contributed by atoms with van der Waals surface area (Å²) in [4.78, 5) is 0. The molecule has 5 nitrogen and oxygen atoms in total. The Morgan fingerprint density at radius 1 is 0.880 bits per heavy atom. The second kappa shape index (κ2) is 7.76. The van der Waals surface area contributed by atoms with E-state index in [1.165, 1.54) is 0 Å². The average Bonchev–Trinajstić information content (AvgIpc) is 2.61. The molecular weight excluding hydrogens is 318 g/mol. The summed E-state index contributed by atoms with van der Waals surface area (Å²) in [6, 6.07) is 12.6. The van der Waals surface area contributed by atoms with Crippen LogP contribution in [-0.2, 0) is 5.21 Å². The van der Waals surface area contributed by atoms with Gasteiger partial charge in [0.25, 0.3) is 0 Å². The summed E-state index contributed by atoms with van der Waals surface area (Å²) in [5.41, 5.74) is 0.951. The molecule has 25 heavy (non-hydrogen) atoms. The van der Waals surface area contributed by atoms with Gasteiger partial charge >= 0.3 is 0 Å². The number of benzene rings is 2. The third-order valence-electron chi connectivity index (χ3n) is 4.04. The van der Waals surface area contributed by atoms with Gasteiger partial charge in [-0.1, -0.05) is 30.3 Å². The van der Waals surface area contributed by atoms with Crippen LogP contribution in [0.3, 0.4) is 0 Å². The maximum Gasteiger partial charge on any atom is 0.131 e. The van der Waals surface area contributed by atoms with Gasteiger partial charge in [-0.05, 0) is 26.3 Å². The lowest BCUT2D eigenvalue weighted by atomic mass is 9.93. The predicted octanol–water partition coefficient (Wildman–Crippen LogP) is 4.25. The summed E-state index contributed by atoms with van der Waals surface area (Å²) in [7, 11) is 4.73. The fraction of sp³-hybridized carbons (Fsp3) is 0.400. The van der Waals surface area contributed by atoms with Crippen LogP contribution in [0.25, 0.3) is 0 Å². The van der Waals surface area contributed by atoms with Crippen molar-refractivity contribution in [1.82, 2.24) is 5.06 Å². The van der Waals surface area contributed by atoms with Crippen LogP contribution in [0.15, 0.2) is 42.5 Å². The van der Waals surface area contributed by atoms with Gasteiger partial charge in [-0.3, -0.25) is 0 Å². The second-order valence-corrected chi connectivity index (χ2v) is 6.76. The van der Waals surface area contributed by atoms with E-state index in [1.807, 2.05) is 51.1 Å². The lowest BCUT2D eigenvalue weighted by molar-refractivity contribution is -0.233. The molecule has 0 aliphatic rings. The molecule has 1 atom stereocenters. The Balaban J connectivity index is 2.74. The number of hydroxylamine groups is 2. The molecule has 0 aromatic heterocycles. The molecule has 0 saturated carbocycles. The molecule has 5 heteroatoms. The van der Waals surface area contributed by atoms with E-state index in [-0.39, 0.29) is 0 Å². The first-order valence-electron chi connectivity index (χ1n) is 8.14. The third-order valence-corrected chi connectivity index (χ3v) is 4.04. The molecule has 0 spiro atoms. The van der Waals surface area contributed by atoms with Gasteiger partial charge in [0.15, 0.2) is 0 Å². The maximum atomic E-state index is 13.2. The number of hydrogen-bond donors (Lipinski definition) is 0. The van der Waals surface area contributed by atoms with E-state index in [0.717, 1.165) is 10.6 Å². The van der Waals surface area contributed by atoms with Gasteiger partial charge in [-0.25, -0.2) is 0 Å². The molecule has 0 unspecified atom stereocenters. The number of nitrogens with zero attached hydrogens (tertiary/aromatic N) is 1. The summed E-state index contributed by atoms with van der Waals surface area (Å²) in [5, 5.41) is 14.3. The zero-order chi connectivity index (χ0) is 18.6. The minimum absolute atomic E-state index is 0.551. The normalized spacial score (nSPS) is 12.8. The zero-order valence-electron chi connectivity index (χ0n) is 15.7. The Bertz CT molecular complexity index is 670. The molecule has 135 valence electrons. The standard InChI is InChI=1S/C20H26NO4/c1-20(2,3)21(22)19(14-10-8-7-9-11-14)18-16(24-5)12-15(23-4)13-17(18)25-6/h7-13,19H,1-6H3/t19-/m0/s1.